The van der Waals surface area contributed by atoms with Crippen LogP contribution in [0.3, 0.4) is 0 Å². The van der Waals surface area contributed by atoms with Gasteiger partial charge in [0.1, 0.15) is 5.82 Å². The summed E-state index contributed by atoms with van der Waals surface area (Å²) in [5.41, 5.74) is 3.90. The lowest BCUT2D eigenvalue weighted by Crippen LogP contribution is -2.23. The number of nitrogens with one attached hydrogen (secondary N) is 1. The van der Waals surface area contributed by atoms with E-state index in [1.165, 1.54) is 6.08 Å². The minimum Gasteiger partial charge on any atom is -0.352 e. The van der Waals surface area contributed by atoms with Gasteiger partial charge in [0.15, 0.2) is 0 Å². The lowest BCUT2D eigenvalue weighted by molar-refractivity contribution is 0.103. The molecular weight excluding hydrogens is 415 g/mol. The number of ketones is 1. The second-order valence-electron chi connectivity index (χ2n) is 7.28. The first kappa shape index (κ1) is 20.7. The van der Waals surface area contributed by atoms with Crippen molar-refractivity contribution in [3.05, 3.63) is 107 Å². The highest BCUT2D eigenvalue weighted by Gasteiger charge is 2.26. The molecule has 7 heteroatoms. The number of nitrogens with zero attached hydrogens (tertiary/aromatic N) is 1. The SMILES string of the molecule is Cc1ccc(NC2=C/C(=N/S(=O)(=O)c3ccc(F)cc3)c3ccccc3C2=O)c(C)c1. The van der Waals surface area contributed by atoms with Gasteiger partial charge in [0.25, 0.3) is 10.0 Å². The molecule has 4 rings (SSSR count). The zero-order chi connectivity index (χ0) is 22.2. The third-order valence-electron chi connectivity index (χ3n) is 4.95. The van der Waals surface area contributed by atoms with E-state index in [1.807, 2.05) is 32.0 Å². The molecule has 0 heterocycles. The number of hydrogen-bond donors (Lipinski definition) is 1. The molecule has 1 aliphatic carbocycles. The minimum atomic E-state index is -4.11. The van der Waals surface area contributed by atoms with Crippen LogP contribution >= 0.6 is 0 Å². The Morgan fingerprint density at radius 1 is 0.903 bits per heavy atom. The Hall–Kier alpha value is -3.58. The monoisotopic (exact) mass is 434 g/mol. The topological polar surface area (TPSA) is 75.6 Å². The van der Waals surface area contributed by atoms with E-state index in [4.69, 9.17) is 0 Å². The number of halogens is 1. The molecule has 5 nitrogen and oxygen atoms in total. The molecule has 0 atom stereocenters. The molecule has 156 valence electrons. The largest absolute Gasteiger partial charge is 0.352 e. The predicted molar refractivity (Wildman–Crippen MR) is 119 cm³/mol. The summed E-state index contributed by atoms with van der Waals surface area (Å²) in [7, 11) is -4.11. The second kappa shape index (κ2) is 7.92. The zero-order valence-corrected chi connectivity index (χ0v) is 17.7. The number of carbonyl (C=O) groups is 1. The fourth-order valence-electron chi connectivity index (χ4n) is 3.39. The standard InChI is InChI=1S/C24H19FN2O3S/c1-15-7-12-21(16(2)13-15)26-23-14-22(19-5-3-4-6-20(19)24(23)28)27-31(29,30)18-10-8-17(25)9-11-18/h3-14,26H,1-2H3/b27-22-. The Kier molecular flexibility index (Phi) is 5.29. The van der Waals surface area contributed by atoms with E-state index in [1.54, 1.807) is 24.3 Å². The summed E-state index contributed by atoms with van der Waals surface area (Å²) in [6.07, 6.45) is 1.44. The molecule has 0 aromatic heterocycles. The molecule has 31 heavy (non-hydrogen) atoms. The number of allylic oxidation sites excluding steroid dienone is 2. The van der Waals surface area contributed by atoms with E-state index in [0.717, 1.165) is 41.1 Å². The number of benzene rings is 3. The number of Topliss-reactive ketones (excluding diaryl/α,β-unsaturated/α-hetero) is 1. The highest BCUT2D eigenvalue weighted by Crippen LogP contribution is 2.26. The summed E-state index contributed by atoms with van der Waals surface area (Å²) >= 11 is 0. The van der Waals surface area contributed by atoms with Crippen molar-refractivity contribution >= 4 is 27.2 Å². The van der Waals surface area contributed by atoms with E-state index in [2.05, 4.69) is 9.71 Å². The normalized spacial score (nSPS) is 14.9. The van der Waals surface area contributed by atoms with Gasteiger partial charge in [0.2, 0.25) is 5.78 Å². The molecule has 0 aliphatic heterocycles. The van der Waals surface area contributed by atoms with Crippen molar-refractivity contribution < 1.29 is 17.6 Å². The Bertz CT molecular complexity index is 1360. The molecule has 0 spiro atoms. The van der Waals surface area contributed by atoms with Crippen LogP contribution in [0, 0.1) is 19.7 Å². The van der Waals surface area contributed by atoms with Gasteiger partial charge in [-0.3, -0.25) is 4.79 Å². The van der Waals surface area contributed by atoms with Gasteiger partial charge in [-0.1, -0.05) is 42.0 Å². The number of sulfonamides is 1. The first-order valence-electron chi connectivity index (χ1n) is 9.55. The van der Waals surface area contributed by atoms with Crippen molar-refractivity contribution in [2.75, 3.05) is 5.32 Å². The molecule has 0 bridgehead atoms. The van der Waals surface area contributed by atoms with Crippen LogP contribution in [0.4, 0.5) is 10.1 Å². The third kappa shape index (κ3) is 4.18. The highest BCUT2D eigenvalue weighted by atomic mass is 32.2. The van der Waals surface area contributed by atoms with Gasteiger partial charge in [-0.05, 0) is 55.8 Å². The highest BCUT2D eigenvalue weighted by molar-refractivity contribution is 7.90. The maximum atomic E-state index is 13.2. The molecule has 1 aliphatic rings. The first-order valence-corrected chi connectivity index (χ1v) is 11.0. The number of aryl methyl sites for hydroxylation is 2. The van der Waals surface area contributed by atoms with Gasteiger partial charge in [-0.2, -0.15) is 12.8 Å². The number of fused-ring (bicyclic) bond motifs is 1. The van der Waals surface area contributed by atoms with Crippen LogP contribution in [0.5, 0.6) is 0 Å². The maximum absolute atomic E-state index is 13.2. The summed E-state index contributed by atoms with van der Waals surface area (Å²) in [5.74, 6) is -0.797. The number of hydrogen-bond acceptors (Lipinski definition) is 4. The van der Waals surface area contributed by atoms with E-state index < -0.39 is 15.8 Å². The number of anilines is 1. The van der Waals surface area contributed by atoms with Crippen molar-refractivity contribution in [1.82, 2.24) is 0 Å². The quantitative estimate of drug-likeness (QED) is 0.639. The van der Waals surface area contributed by atoms with Gasteiger partial charge in [0, 0.05) is 16.8 Å². The Morgan fingerprint density at radius 2 is 1.58 bits per heavy atom. The van der Waals surface area contributed by atoms with Crippen molar-refractivity contribution in [2.45, 2.75) is 18.7 Å². The Balaban J connectivity index is 1.82. The van der Waals surface area contributed by atoms with Gasteiger partial charge in [-0.25, -0.2) is 4.39 Å². The van der Waals surface area contributed by atoms with Crippen LogP contribution in [-0.2, 0) is 10.0 Å². The van der Waals surface area contributed by atoms with E-state index in [-0.39, 0.29) is 22.1 Å². The summed E-state index contributed by atoms with van der Waals surface area (Å²) < 4.78 is 42.8. The van der Waals surface area contributed by atoms with Crippen molar-refractivity contribution in [3.63, 3.8) is 0 Å². The second-order valence-corrected chi connectivity index (χ2v) is 8.89. The van der Waals surface area contributed by atoms with Crippen LogP contribution in [0.25, 0.3) is 0 Å². The maximum Gasteiger partial charge on any atom is 0.282 e. The predicted octanol–water partition coefficient (Wildman–Crippen LogP) is 4.81. The van der Waals surface area contributed by atoms with Crippen LogP contribution in [-0.4, -0.2) is 19.9 Å². The lowest BCUT2D eigenvalue weighted by atomic mass is 9.92. The summed E-state index contributed by atoms with van der Waals surface area (Å²) in [5, 5.41) is 3.12. The average molecular weight is 434 g/mol. The molecule has 1 N–H and O–H groups in total. The van der Waals surface area contributed by atoms with E-state index in [9.17, 15) is 17.6 Å². The van der Waals surface area contributed by atoms with Gasteiger partial charge in [-0.15, -0.1) is 0 Å². The molecule has 0 amide bonds. The van der Waals surface area contributed by atoms with Crippen molar-refractivity contribution in [3.8, 4) is 0 Å². The summed E-state index contributed by atoms with van der Waals surface area (Å²) in [6.45, 7) is 3.90. The fraction of sp³-hybridized carbons (Fsp3) is 0.0833. The minimum absolute atomic E-state index is 0.131. The molecule has 0 fully saturated rings. The average Bonchev–Trinajstić information content (AvgIpc) is 2.73. The van der Waals surface area contributed by atoms with Crippen LogP contribution in [0.15, 0.2) is 87.8 Å². The van der Waals surface area contributed by atoms with Crippen LogP contribution in [0.2, 0.25) is 0 Å². The molecule has 0 radical (unpaired) electrons. The molecule has 0 unspecified atom stereocenters. The van der Waals surface area contributed by atoms with E-state index in [0.29, 0.717) is 11.1 Å². The van der Waals surface area contributed by atoms with Crippen molar-refractivity contribution in [2.24, 2.45) is 4.40 Å². The summed E-state index contributed by atoms with van der Waals surface area (Å²) in [6, 6.07) is 16.9. The van der Waals surface area contributed by atoms with Crippen molar-refractivity contribution in [1.29, 1.82) is 0 Å². The molecule has 3 aromatic carbocycles. The Morgan fingerprint density at radius 3 is 2.26 bits per heavy atom. The number of carbonyl (C=O) groups excluding carboxylic acids is 1. The fourth-order valence-corrected chi connectivity index (χ4v) is 4.38. The molecular formula is C24H19FN2O3S. The summed E-state index contributed by atoms with van der Waals surface area (Å²) in [4.78, 5) is 12.9. The lowest BCUT2D eigenvalue weighted by Gasteiger charge is -2.19. The van der Waals surface area contributed by atoms with Crippen LogP contribution < -0.4 is 5.32 Å². The van der Waals surface area contributed by atoms with Gasteiger partial charge >= 0.3 is 0 Å². The first-order chi connectivity index (χ1) is 14.7. The Labute approximate surface area is 180 Å². The van der Waals surface area contributed by atoms with Gasteiger partial charge < -0.3 is 5.32 Å². The van der Waals surface area contributed by atoms with Gasteiger partial charge in [0.05, 0.1) is 16.3 Å². The van der Waals surface area contributed by atoms with Crippen LogP contribution in [0.1, 0.15) is 27.0 Å². The number of rotatable bonds is 4. The van der Waals surface area contributed by atoms with E-state index >= 15 is 0 Å². The smallest absolute Gasteiger partial charge is 0.282 e. The molecule has 0 saturated heterocycles. The third-order valence-corrected chi connectivity index (χ3v) is 6.26. The zero-order valence-electron chi connectivity index (χ0n) is 16.9. The molecule has 0 saturated carbocycles. The molecule has 3 aromatic rings.